The minimum atomic E-state index is 0. The minimum absolute atomic E-state index is 0. The van der Waals surface area contributed by atoms with Crippen LogP contribution in [0, 0.1) is 0 Å². The molecular formula is C5H4CoN4. The van der Waals surface area contributed by atoms with E-state index in [-0.39, 0.29) is 16.8 Å². The van der Waals surface area contributed by atoms with Gasteiger partial charge < -0.3 is 4.98 Å². The molecule has 0 aliphatic carbocycles. The summed E-state index contributed by atoms with van der Waals surface area (Å²) >= 11 is 0. The van der Waals surface area contributed by atoms with Crippen LogP contribution in [0.25, 0.3) is 11.2 Å². The van der Waals surface area contributed by atoms with Gasteiger partial charge in [-0.05, 0) is 0 Å². The molecule has 0 aliphatic rings. The number of aromatic amines is 1. The summed E-state index contributed by atoms with van der Waals surface area (Å²) in [5.74, 6) is 0. The van der Waals surface area contributed by atoms with E-state index in [4.69, 9.17) is 0 Å². The molecule has 1 radical (unpaired) electrons. The van der Waals surface area contributed by atoms with Gasteiger partial charge in [0.1, 0.15) is 11.8 Å². The molecule has 0 unspecified atom stereocenters. The number of imidazole rings is 1. The van der Waals surface area contributed by atoms with E-state index in [9.17, 15) is 0 Å². The number of fused-ring (bicyclic) bond motifs is 1. The van der Waals surface area contributed by atoms with E-state index in [0.717, 1.165) is 5.52 Å². The average Bonchev–Trinajstić information content (AvgIpc) is 2.33. The first kappa shape index (κ1) is 7.17. The maximum Gasteiger partial charge on any atom is 0.180 e. The summed E-state index contributed by atoms with van der Waals surface area (Å²) in [6, 6.07) is 0. The molecule has 5 heteroatoms. The van der Waals surface area contributed by atoms with Crippen molar-refractivity contribution in [2.45, 2.75) is 0 Å². The van der Waals surface area contributed by atoms with E-state index in [1.807, 2.05) is 0 Å². The Kier molecular flexibility index (Phi) is 1.98. The molecule has 0 saturated heterocycles. The molecule has 10 heavy (non-hydrogen) atoms. The second-order valence-electron chi connectivity index (χ2n) is 1.66. The Hall–Kier alpha value is -0.944. The summed E-state index contributed by atoms with van der Waals surface area (Å²) < 4.78 is 0. The summed E-state index contributed by atoms with van der Waals surface area (Å²) in [5.41, 5.74) is 1.59. The molecule has 0 spiro atoms. The monoisotopic (exact) mass is 179 g/mol. The quantitative estimate of drug-likeness (QED) is 0.634. The van der Waals surface area contributed by atoms with Crippen molar-refractivity contribution < 1.29 is 16.8 Å². The van der Waals surface area contributed by atoms with Crippen LogP contribution in [0.3, 0.4) is 0 Å². The molecule has 0 bridgehead atoms. The smallest absolute Gasteiger partial charge is 0.180 e. The van der Waals surface area contributed by atoms with Gasteiger partial charge in [0.05, 0.1) is 12.5 Å². The van der Waals surface area contributed by atoms with Crippen LogP contribution in [0.15, 0.2) is 18.9 Å². The second kappa shape index (κ2) is 2.76. The zero-order valence-corrected chi connectivity index (χ0v) is 5.95. The van der Waals surface area contributed by atoms with Gasteiger partial charge in [0.2, 0.25) is 0 Å². The van der Waals surface area contributed by atoms with E-state index in [2.05, 4.69) is 19.9 Å². The molecule has 0 fully saturated rings. The summed E-state index contributed by atoms with van der Waals surface area (Å²) in [6.07, 6.45) is 4.76. The fourth-order valence-corrected chi connectivity index (χ4v) is 0.691. The van der Waals surface area contributed by atoms with Crippen LogP contribution in [0.4, 0.5) is 0 Å². The van der Waals surface area contributed by atoms with Crippen molar-refractivity contribution in [3.63, 3.8) is 0 Å². The van der Waals surface area contributed by atoms with Crippen molar-refractivity contribution in [3.05, 3.63) is 18.9 Å². The van der Waals surface area contributed by atoms with Gasteiger partial charge in [0, 0.05) is 16.8 Å². The van der Waals surface area contributed by atoms with E-state index in [0.29, 0.717) is 5.65 Å². The SMILES string of the molecule is [Co].c1ncc2[nH]cnc2n1. The number of aromatic nitrogens is 4. The van der Waals surface area contributed by atoms with Crippen molar-refractivity contribution in [2.75, 3.05) is 0 Å². The third kappa shape index (κ3) is 1.00. The first-order valence-corrected chi connectivity index (χ1v) is 2.56. The van der Waals surface area contributed by atoms with E-state index in [1.165, 1.54) is 6.33 Å². The van der Waals surface area contributed by atoms with Gasteiger partial charge >= 0.3 is 0 Å². The number of nitrogens with one attached hydrogen (secondary N) is 1. The average molecular weight is 179 g/mol. The zero-order chi connectivity index (χ0) is 6.10. The molecule has 0 atom stereocenters. The Labute approximate surface area is 67.3 Å². The van der Waals surface area contributed by atoms with Gasteiger partial charge in [0.15, 0.2) is 5.65 Å². The van der Waals surface area contributed by atoms with Gasteiger partial charge in [-0.2, -0.15) is 0 Å². The van der Waals surface area contributed by atoms with Crippen LogP contribution in [0.5, 0.6) is 0 Å². The molecule has 53 valence electrons. The summed E-state index contributed by atoms with van der Waals surface area (Å²) in [7, 11) is 0. The third-order valence-electron chi connectivity index (χ3n) is 1.10. The Bertz CT molecular complexity index is 288. The van der Waals surface area contributed by atoms with Crippen molar-refractivity contribution in [1.82, 2.24) is 19.9 Å². The molecule has 4 nitrogen and oxygen atoms in total. The predicted octanol–water partition coefficient (Wildman–Crippen LogP) is 0.350. The van der Waals surface area contributed by atoms with Crippen LogP contribution in [-0.4, -0.2) is 19.9 Å². The van der Waals surface area contributed by atoms with Crippen LogP contribution >= 0.6 is 0 Å². The van der Waals surface area contributed by atoms with Crippen LogP contribution < -0.4 is 0 Å². The summed E-state index contributed by atoms with van der Waals surface area (Å²) in [6.45, 7) is 0. The maximum atomic E-state index is 3.91. The molecule has 2 rings (SSSR count). The van der Waals surface area contributed by atoms with Crippen molar-refractivity contribution in [2.24, 2.45) is 0 Å². The summed E-state index contributed by atoms with van der Waals surface area (Å²) in [4.78, 5) is 14.5. The van der Waals surface area contributed by atoms with Gasteiger partial charge in [-0.1, -0.05) is 0 Å². The third-order valence-corrected chi connectivity index (χ3v) is 1.10. The largest absolute Gasteiger partial charge is 0.342 e. The Morgan fingerprint density at radius 2 is 2.20 bits per heavy atom. The Balaban J connectivity index is 0.000000500. The second-order valence-corrected chi connectivity index (χ2v) is 1.66. The fraction of sp³-hybridized carbons (Fsp3) is 0. The Morgan fingerprint density at radius 3 is 3.00 bits per heavy atom. The van der Waals surface area contributed by atoms with Crippen LogP contribution in [0.1, 0.15) is 0 Å². The molecule has 1 N–H and O–H groups in total. The normalized spacial score (nSPS) is 9.20. The molecule has 2 aromatic rings. The van der Waals surface area contributed by atoms with Gasteiger partial charge in [-0.15, -0.1) is 0 Å². The van der Waals surface area contributed by atoms with E-state index < -0.39 is 0 Å². The zero-order valence-electron chi connectivity index (χ0n) is 4.91. The fourth-order valence-electron chi connectivity index (χ4n) is 0.691. The maximum absolute atomic E-state index is 3.91. The van der Waals surface area contributed by atoms with Gasteiger partial charge in [-0.3, -0.25) is 0 Å². The number of hydrogen-bond acceptors (Lipinski definition) is 3. The number of nitrogens with zero attached hydrogens (tertiary/aromatic N) is 3. The molecular weight excluding hydrogens is 175 g/mol. The molecule has 0 amide bonds. The van der Waals surface area contributed by atoms with Crippen molar-refractivity contribution in [3.8, 4) is 0 Å². The van der Waals surface area contributed by atoms with Crippen LogP contribution in [-0.2, 0) is 16.8 Å². The molecule has 0 aromatic carbocycles. The van der Waals surface area contributed by atoms with Gasteiger partial charge in [-0.25, -0.2) is 15.0 Å². The van der Waals surface area contributed by atoms with Crippen LogP contribution in [0.2, 0.25) is 0 Å². The number of rotatable bonds is 0. The van der Waals surface area contributed by atoms with E-state index >= 15 is 0 Å². The topological polar surface area (TPSA) is 54.5 Å². The molecule has 2 aromatic heterocycles. The van der Waals surface area contributed by atoms with Gasteiger partial charge in [0.25, 0.3) is 0 Å². The molecule has 2 heterocycles. The number of hydrogen-bond donors (Lipinski definition) is 1. The summed E-state index contributed by atoms with van der Waals surface area (Å²) in [5, 5.41) is 0. The Morgan fingerprint density at radius 1 is 1.30 bits per heavy atom. The van der Waals surface area contributed by atoms with Crippen molar-refractivity contribution >= 4 is 11.2 Å². The molecule has 0 saturated carbocycles. The first-order valence-electron chi connectivity index (χ1n) is 2.56. The van der Waals surface area contributed by atoms with Crippen molar-refractivity contribution in [1.29, 1.82) is 0 Å². The minimum Gasteiger partial charge on any atom is -0.342 e. The first-order chi connectivity index (χ1) is 4.47. The van der Waals surface area contributed by atoms with E-state index in [1.54, 1.807) is 12.5 Å². The standard InChI is InChI=1S/C5H4N4.Co/c1-4-5(8-2-6-1)9-3-7-4;/h1-3H,(H,6,7,8,9);. The number of H-pyrrole nitrogens is 1. The predicted molar refractivity (Wildman–Crippen MR) is 31.7 cm³/mol. The molecule has 0 aliphatic heterocycles.